The molecule has 0 aromatic carbocycles. The lowest BCUT2D eigenvalue weighted by atomic mass is 9.83. The van der Waals surface area contributed by atoms with Gasteiger partial charge in [-0.15, -0.1) is 0 Å². The van der Waals surface area contributed by atoms with E-state index in [2.05, 4.69) is 20.8 Å². The zero-order valence-corrected chi connectivity index (χ0v) is 8.42. The molecule has 2 heteroatoms. The van der Waals surface area contributed by atoms with E-state index in [1.165, 1.54) is 6.42 Å². The molecule has 0 aliphatic carbocycles. The molecule has 1 aliphatic rings. The van der Waals surface area contributed by atoms with Gasteiger partial charge in [-0.2, -0.15) is 0 Å². The van der Waals surface area contributed by atoms with Crippen LogP contribution in [0.25, 0.3) is 0 Å². The van der Waals surface area contributed by atoms with Crippen molar-refractivity contribution in [3.05, 3.63) is 0 Å². The van der Waals surface area contributed by atoms with Gasteiger partial charge in [-0.25, -0.2) is 0 Å². The van der Waals surface area contributed by atoms with Crippen molar-refractivity contribution in [2.45, 2.75) is 52.1 Å². The van der Waals surface area contributed by atoms with Crippen molar-refractivity contribution in [1.82, 2.24) is 0 Å². The van der Waals surface area contributed by atoms with E-state index in [1.807, 2.05) is 0 Å². The largest absolute Gasteiger partial charge is 0.384 e. The van der Waals surface area contributed by atoms with Crippen LogP contribution in [0, 0.1) is 11.8 Å². The monoisotopic (exact) mass is 166 g/mol. The van der Waals surface area contributed by atoms with Gasteiger partial charge in [-0.05, 0) is 24.7 Å². The summed E-state index contributed by atoms with van der Waals surface area (Å²) in [6, 6.07) is -0.00560. The molecule has 68 valence electrons. The van der Waals surface area contributed by atoms with E-state index >= 15 is 0 Å². The summed E-state index contributed by atoms with van der Waals surface area (Å²) < 4.78 is 5.65. The first-order valence-electron chi connectivity index (χ1n) is 5.06. The highest BCUT2D eigenvalue weighted by atomic mass is 16.5. The highest BCUT2D eigenvalue weighted by Crippen LogP contribution is 2.33. The van der Waals surface area contributed by atoms with Crippen molar-refractivity contribution in [1.29, 1.82) is 0 Å². The maximum Gasteiger partial charge on any atom is 0.109 e. The van der Waals surface area contributed by atoms with Gasteiger partial charge in [0, 0.05) is 6.00 Å². The number of rotatable bonds is 3. The molecule has 0 aromatic heterocycles. The van der Waals surface area contributed by atoms with Gasteiger partial charge in [0.25, 0.3) is 0 Å². The molecule has 1 unspecified atom stereocenters. The molecule has 1 nitrogen and oxygen atoms in total. The van der Waals surface area contributed by atoms with Crippen LogP contribution in [0.4, 0.5) is 0 Å². The van der Waals surface area contributed by atoms with Crippen LogP contribution in [-0.4, -0.2) is 20.0 Å². The van der Waals surface area contributed by atoms with Crippen molar-refractivity contribution in [3.63, 3.8) is 0 Å². The molecular weight excluding hydrogens is 147 g/mol. The number of hydrogen-bond acceptors (Lipinski definition) is 1. The van der Waals surface area contributed by atoms with Crippen LogP contribution in [0.1, 0.15) is 40.0 Å². The van der Waals surface area contributed by atoms with Gasteiger partial charge in [0.15, 0.2) is 0 Å². The molecule has 0 aromatic rings. The Kier molecular flexibility index (Phi) is 3.63. The van der Waals surface area contributed by atoms with Gasteiger partial charge in [0.05, 0.1) is 6.10 Å². The molecule has 1 saturated heterocycles. The second-order valence-corrected chi connectivity index (χ2v) is 4.15. The summed E-state index contributed by atoms with van der Waals surface area (Å²) in [6.45, 7) is 6.72. The minimum absolute atomic E-state index is 0.00560. The van der Waals surface area contributed by atoms with Crippen molar-refractivity contribution >= 4 is 7.85 Å². The third-order valence-electron chi connectivity index (χ3n) is 2.76. The van der Waals surface area contributed by atoms with Gasteiger partial charge < -0.3 is 4.74 Å². The second kappa shape index (κ2) is 4.31. The van der Waals surface area contributed by atoms with E-state index < -0.39 is 0 Å². The van der Waals surface area contributed by atoms with Gasteiger partial charge in [-0.1, -0.05) is 27.2 Å². The molecule has 1 aliphatic heterocycles. The summed E-state index contributed by atoms with van der Waals surface area (Å²) in [4.78, 5) is 0. The Hall–Kier alpha value is 0.0249. The van der Waals surface area contributed by atoms with Crippen LogP contribution in [0.15, 0.2) is 0 Å². The van der Waals surface area contributed by atoms with Crippen molar-refractivity contribution in [2.75, 3.05) is 0 Å². The zero-order chi connectivity index (χ0) is 9.14. The second-order valence-electron chi connectivity index (χ2n) is 4.15. The predicted octanol–water partition coefficient (Wildman–Crippen LogP) is 2.34. The minimum Gasteiger partial charge on any atom is -0.384 e. The molecule has 0 spiro atoms. The lowest BCUT2D eigenvalue weighted by Crippen LogP contribution is -2.20. The van der Waals surface area contributed by atoms with Crippen molar-refractivity contribution < 1.29 is 4.74 Å². The maximum absolute atomic E-state index is 5.76. The predicted molar refractivity (Wildman–Crippen MR) is 52.3 cm³/mol. The molecule has 1 rings (SSSR count). The van der Waals surface area contributed by atoms with Crippen LogP contribution in [0.2, 0.25) is 0 Å². The Morgan fingerprint density at radius 2 is 2.17 bits per heavy atom. The summed E-state index contributed by atoms with van der Waals surface area (Å²) in [5.41, 5.74) is 0. The molecule has 1 fully saturated rings. The number of hydrogen-bond donors (Lipinski definition) is 0. The molecule has 12 heavy (non-hydrogen) atoms. The Balaban J connectivity index is 2.47. The van der Waals surface area contributed by atoms with Crippen molar-refractivity contribution in [2.24, 2.45) is 11.8 Å². The highest BCUT2D eigenvalue weighted by Gasteiger charge is 2.33. The molecule has 0 N–H and O–H groups in total. The average molecular weight is 166 g/mol. The third-order valence-corrected chi connectivity index (χ3v) is 2.76. The van der Waals surface area contributed by atoms with Crippen molar-refractivity contribution in [3.8, 4) is 0 Å². The fraction of sp³-hybridized carbons (Fsp3) is 1.00. The Labute approximate surface area is 77.3 Å². The Bertz CT molecular complexity index is 136. The first kappa shape index (κ1) is 10.1. The van der Waals surface area contributed by atoms with Crippen LogP contribution in [0.3, 0.4) is 0 Å². The summed E-state index contributed by atoms with van der Waals surface area (Å²) in [7, 11) is 5.76. The highest BCUT2D eigenvalue weighted by molar-refractivity contribution is 6.11. The van der Waals surface area contributed by atoms with E-state index in [0.29, 0.717) is 17.9 Å². The Morgan fingerprint density at radius 3 is 2.67 bits per heavy atom. The van der Waals surface area contributed by atoms with E-state index in [1.54, 1.807) is 0 Å². The lowest BCUT2D eigenvalue weighted by Gasteiger charge is -2.21. The standard InChI is InChI=1S/C10H19BO/c1-4-5-9-8(7(2)3)6-10(11)12-9/h7-10H,4-6H2,1-3H3/t8-,9?,10-/m0/s1. The minimum atomic E-state index is -0.00560. The van der Waals surface area contributed by atoms with Crippen LogP contribution in [-0.2, 0) is 4.74 Å². The van der Waals surface area contributed by atoms with Crippen LogP contribution in [0.5, 0.6) is 0 Å². The molecule has 3 atom stereocenters. The summed E-state index contributed by atoms with van der Waals surface area (Å²) in [5, 5.41) is 0. The third kappa shape index (κ3) is 2.26. The maximum atomic E-state index is 5.76. The SMILES string of the molecule is [B][C@@H]1C[C@@H](C(C)C)C(CCC)O1. The normalized spacial score (nSPS) is 36.2. The zero-order valence-electron chi connectivity index (χ0n) is 8.42. The summed E-state index contributed by atoms with van der Waals surface area (Å²) in [6.07, 6.45) is 3.82. The molecule has 0 amide bonds. The first-order valence-corrected chi connectivity index (χ1v) is 5.06. The van der Waals surface area contributed by atoms with E-state index in [9.17, 15) is 0 Å². The van der Waals surface area contributed by atoms with Gasteiger partial charge in [0.2, 0.25) is 0 Å². The smallest absolute Gasteiger partial charge is 0.109 e. The van der Waals surface area contributed by atoms with E-state index in [-0.39, 0.29) is 6.00 Å². The molecule has 0 bridgehead atoms. The van der Waals surface area contributed by atoms with Gasteiger partial charge in [0.1, 0.15) is 7.85 Å². The van der Waals surface area contributed by atoms with Gasteiger partial charge in [-0.3, -0.25) is 0 Å². The number of ether oxygens (including phenoxy) is 1. The molecular formula is C10H19BO. The summed E-state index contributed by atoms with van der Waals surface area (Å²) >= 11 is 0. The Morgan fingerprint density at radius 1 is 1.50 bits per heavy atom. The van der Waals surface area contributed by atoms with Crippen LogP contribution < -0.4 is 0 Å². The lowest BCUT2D eigenvalue weighted by molar-refractivity contribution is 0.0559. The molecule has 0 saturated carbocycles. The molecule has 2 radical (unpaired) electrons. The quantitative estimate of drug-likeness (QED) is 0.584. The van der Waals surface area contributed by atoms with E-state index in [4.69, 9.17) is 12.6 Å². The van der Waals surface area contributed by atoms with Crippen LogP contribution >= 0.6 is 0 Å². The first-order chi connectivity index (χ1) is 5.65. The fourth-order valence-electron chi connectivity index (χ4n) is 2.07. The van der Waals surface area contributed by atoms with E-state index in [0.717, 1.165) is 12.8 Å². The molecule has 1 heterocycles. The van der Waals surface area contributed by atoms with Gasteiger partial charge >= 0.3 is 0 Å². The summed E-state index contributed by atoms with van der Waals surface area (Å²) in [5.74, 6) is 1.38. The topological polar surface area (TPSA) is 9.23 Å². The fourth-order valence-corrected chi connectivity index (χ4v) is 2.07. The average Bonchev–Trinajstić information content (AvgIpc) is 2.32.